The maximum Gasteiger partial charge on any atom is 0.248 e. The lowest BCUT2D eigenvalue weighted by molar-refractivity contribution is -0.125. The number of carbonyl (C=O) groups excluding carboxylic acids is 1. The van der Waals surface area contributed by atoms with Gasteiger partial charge < -0.3 is 0 Å². The molecule has 1 saturated carbocycles. The molecule has 0 radical (unpaired) electrons. The van der Waals surface area contributed by atoms with Gasteiger partial charge in [-0.1, -0.05) is 6.07 Å². The van der Waals surface area contributed by atoms with E-state index < -0.39 is 11.8 Å². The topological polar surface area (TPSA) is 30.0 Å². The highest BCUT2D eigenvalue weighted by Gasteiger charge is 2.45. The number of fused-ring (bicyclic) bond motifs is 1. The first-order valence-corrected chi connectivity index (χ1v) is 6.42. The minimum Gasteiger partial charge on any atom is -0.299 e. The van der Waals surface area contributed by atoms with Gasteiger partial charge in [-0.15, -0.1) is 0 Å². The van der Waals surface area contributed by atoms with E-state index in [0.717, 1.165) is 24.1 Å². The zero-order valence-electron chi connectivity index (χ0n) is 10.0. The van der Waals surface area contributed by atoms with Crippen molar-refractivity contribution in [3.63, 3.8) is 0 Å². The Morgan fingerprint density at radius 2 is 2.22 bits per heavy atom. The van der Waals surface area contributed by atoms with Crippen LogP contribution in [-0.2, 0) is 11.2 Å². The molecule has 0 aromatic carbocycles. The average molecular weight is 251 g/mol. The zero-order chi connectivity index (χ0) is 12.8. The molecule has 4 heteroatoms. The molecule has 0 bridgehead atoms. The lowest BCUT2D eigenvalue weighted by Crippen LogP contribution is -2.21. The van der Waals surface area contributed by atoms with Gasteiger partial charge in [-0.2, -0.15) is 0 Å². The molecule has 2 aliphatic rings. The number of aryl methyl sites for hydroxylation is 1. The van der Waals surface area contributed by atoms with Crippen molar-refractivity contribution in [1.29, 1.82) is 0 Å². The second kappa shape index (κ2) is 4.11. The second-order valence-corrected chi connectivity index (χ2v) is 5.34. The smallest absolute Gasteiger partial charge is 0.248 e. The third kappa shape index (κ3) is 1.93. The molecule has 1 fully saturated rings. The number of nitrogens with zero attached hydrogens (tertiary/aromatic N) is 1. The fraction of sp³-hybridized carbons (Fsp3) is 0.571. The Morgan fingerprint density at radius 3 is 2.94 bits per heavy atom. The van der Waals surface area contributed by atoms with Gasteiger partial charge in [0.05, 0.1) is 11.6 Å². The number of ketones is 1. The molecule has 0 aliphatic heterocycles. The summed E-state index contributed by atoms with van der Waals surface area (Å²) in [5, 5.41) is 0. The van der Waals surface area contributed by atoms with Gasteiger partial charge in [0.2, 0.25) is 5.92 Å². The molecule has 96 valence electrons. The first-order chi connectivity index (χ1) is 8.57. The van der Waals surface area contributed by atoms with Gasteiger partial charge in [0.1, 0.15) is 5.78 Å². The summed E-state index contributed by atoms with van der Waals surface area (Å²) in [6, 6.07) is 3.83. The van der Waals surface area contributed by atoms with Crippen LogP contribution < -0.4 is 0 Å². The maximum absolute atomic E-state index is 13.2. The van der Waals surface area contributed by atoms with Crippen LogP contribution in [0.4, 0.5) is 8.78 Å². The molecular formula is C14H15F2NO. The molecule has 2 nitrogen and oxygen atoms in total. The summed E-state index contributed by atoms with van der Waals surface area (Å²) in [5.74, 6) is -3.39. The van der Waals surface area contributed by atoms with E-state index in [1.165, 1.54) is 0 Å². The molecule has 1 aromatic rings. The van der Waals surface area contributed by atoms with Crippen molar-refractivity contribution in [3.05, 3.63) is 29.6 Å². The van der Waals surface area contributed by atoms with Crippen LogP contribution >= 0.6 is 0 Å². The number of hydrogen-bond donors (Lipinski definition) is 0. The normalized spacial score (nSPS) is 29.2. The fourth-order valence-electron chi connectivity index (χ4n) is 3.17. The number of carbonyl (C=O) groups is 1. The monoisotopic (exact) mass is 251 g/mol. The fourth-order valence-corrected chi connectivity index (χ4v) is 3.17. The van der Waals surface area contributed by atoms with Gasteiger partial charge >= 0.3 is 0 Å². The number of pyridine rings is 1. The van der Waals surface area contributed by atoms with Crippen LogP contribution in [0.5, 0.6) is 0 Å². The lowest BCUT2D eigenvalue weighted by atomic mass is 9.89. The number of halogens is 2. The minimum absolute atomic E-state index is 0.0235. The van der Waals surface area contributed by atoms with E-state index in [4.69, 9.17) is 0 Å². The predicted octanol–water partition coefficient (Wildman–Crippen LogP) is 3.12. The number of hydrogen-bond acceptors (Lipinski definition) is 2. The largest absolute Gasteiger partial charge is 0.299 e. The highest BCUT2D eigenvalue weighted by atomic mass is 19.3. The van der Waals surface area contributed by atoms with Gasteiger partial charge in [0.15, 0.2) is 0 Å². The van der Waals surface area contributed by atoms with Crippen LogP contribution in [0.25, 0.3) is 0 Å². The van der Waals surface area contributed by atoms with Crippen LogP contribution in [0, 0.1) is 5.92 Å². The van der Waals surface area contributed by atoms with Crippen molar-refractivity contribution in [2.75, 3.05) is 0 Å². The quantitative estimate of drug-likeness (QED) is 0.808. The molecule has 1 aromatic heterocycles. The summed E-state index contributed by atoms with van der Waals surface area (Å²) >= 11 is 0. The van der Waals surface area contributed by atoms with Crippen molar-refractivity contribution in [2.24, 2.45) is 5.92 Å². The van der Waals surface area contributed by atoms with Crippen molar-refractivity contribution >= 4 is 5.78 Å². The van der Waals surface area contributed by atoms with E-state index >= 15 is 0 Å². The molecule has 0 spiro atoms. The summed E-state index contributed by atoms with van der Waals surface area (Å²) < 4.78 is 26.3. The Labute approximate surface area is 104 Å². The van der Waals surface area contributed by atoms with Crippen LogP contribution in [0.1, 0.15) is 42.9 Å². The van der Waals surface area contributed by atoms with E-state index in [-0.39, 0.29) is 24.5 Å². The molecule has 2 aliphatic carbocycles. The Kier molecular flexibility index (Phi) is 2.68. The summed E-state index contributed by atoms with van der Waals surface area (Å²) in [6.07, 6.45) is 3.14. The lowest BCUT2D eigenvalue weighted by Gasteiger charge is -2.15. The van der Waals surface area contributed by atoms with Gasteiger partial charge in [-0.25, -0.2) is 8.78 Å². The van der Waals surface area contributed by atoms with Crippen molar-refractivity contribution < 1.29 is 13.6 Å². The molecule has 1 heterocycles. The SMILES string of the molecule is O=C(C1CCC(F)(F)C1)C1CCc2cccnc21. The average Bonchev–Trinajstić information content (AvgIpc) is 2.91. The number of rotatable bonds is 2. The minimum atomic E-state index is -2.65. The van der Waals surface area contributed by atoms with E-state index in [0.29, 0.717) is 6.42 Å². The summed E-state index contributed by atoms with van der Waals surface area (Å²) in [6.45, 7) is 0. The Bertz CT molecular complexity index is 486. The predicted molar refractivity (Wildman–Crippen MR) is 62.6 cm³/mol. The first-order valence-electron chi connectivity index (χ1n) is 6.42. The van der Waals surface area contributed by atoms with Crippen LogP contribution in [0.15, 0.2) is 18.3 Å². The number of aromatic nitrogens is 1. The molecule has 2 atom stereocenters. The van der Waals surface area contributed by atoms with Crippen molar-refractivity contribution in [3.8, 4) is 0 Å². The third-order valence-electron chi connectivity index (χ3n) is 4.11. The van der Waals surface area contributed by atoms with Gasteiger partial charge in [-0.3, -0.25) is 9.78 Å². The molecule has 18 heavy (non-hydrogen) atoms. The summed E-state index contributed by atoms with van der Waals surface area (Å²) in [5.41, 5.74) is 1.92. The zero-order valence-corrected chi connectivity index (χ0v) is 10.0. The molecule has 0 N–H and O–H groups in total. The summed E-state index contributed by atoms with van der Waals surface area (Å²) in [4.78, 5) is 16.6. The Morgan fingerprint density at radius 1 is 1.39 bits per heavy atom. The van der Waals surface area contributed by atoms with E-state index in [2.05, 4.69) is 4.98 Å². The van der Waals surface area contributed by atoms with Gasteiger partial charge in [-0.05, 0) is 30.9 Å². The van der Waals surface area contributed by atoms with Gasteiger partial charge in [0.25, 0.3) is 0 Å². The van der Waals surface area contributed by atoms with Crippen molar-refractivity contribution in [1.82, 2.24) is 4.98 Å². The molecular weight excluding hydrogens is 236 g/mol. The third-order valence-corrected chi connectivity index (χ3v) is 4.11. The van der Waals surface area contributed by atoms with E-state index in [9.17, 15) is 13.6 Å². The van der Waals surface area contributed by atoms with E-state index in [1.807, 2.05) is 12.1 Å². The van der Waals surface area contributed by atoms with Crippen molar-refractivity contribution in [2.45, 2.75) is 43.9 Å². The van der Waals surface area contributed by atoms with Gasteiger partial charge in [0, 0.05) is 25.0 Å². The molecule has 3 rings (SSSR count). The first kappa shape index (κ1) is 11.8. The number of Topliss-reactive ketones (excluding diaryl/α,β-unsaturated/α-hetero) is 1. The summed E-state index contributed by atoms with van der Waals surface area (Å²) in [7, 11) is 0. The van der Waals surface area contributed by atoms with Crippen LogP contribution in [0.3, 0.4) is 0 Å². The second-order valence-electron chi connectivity index (χ2n) is 5.34. The number of alkyl halides is 2. The highest BCUT2D eigenvalue weighted by Crippen LogP contribution is 2.43. The Balaban J connectivity index is 1.79. The standard InChI is InChI=1S/C14H15F2NO/c15-14(16)6-5-10(8-14)13(18)11-4-3-9-2-1-7-17-12(9)11/h1-2,7,10-11H,3-6,8H2. The van der Waals surface area contributed by atoms with E-state index in [1.54, 1.807) is 6.20 Å². The highest BCUT2D eigenvalue weighted by molar-refractivity contribution is 5.88. The van der Waals surface area contributed by atoms with Crippen LogP contribution in [0.2, 0.25) is 0 Å². The maximum atomic E-state index is 13.2. The van der Waals surface area contributed by atoms with Crippen LogP contribution in [-0.4, -0.2) is 16.7 Å². The molecule has 0 amide bonds. The molecule has 2 unspecified atom stereocenters. The Hall–Kier alpha value is -1.32. The molecule has 0 saturated heterocycles.